The molecule has 3 atom stereocenters. The molecular weight excluding hydrogens is 315 g/mol. The van der Waals surface area contributed by atoms with Gasteiger partial charge in [-0.15, -0.1) is 0 Å². The number of nitrogens with zero attached hydrogens (tertiary/aromatic N) is 2. The molecule has 1 saturated carbocycles. The first kappa shape index (κ1) is 19.1. The molecule has 3 nitrogen and oxygen atoms in total. The van der Waals surface area contributed by atoms with E-state index in [-0.39, 0.29) is 6.58 Å². The Balaban J connectivity index is 1.55. The second kappa shape index (κ2) is 11.8. The Kier molecular flexibility index (Phi) is 9.41. The minimum Gasteiger partial charge on any atom is -0.331 e. The van der Waals surface area contributed by atoms with Crippen molar-refractivity contribution in [3.63, 3.8) is 0 Å². The summed E-state index contributed by atoms with van der Waals surface area (Å²) in [6.07, 6.45) is 18.2. The number of likely N-dealkylation sites (N-methyl/N-ethyl adjacent to an activating group) is 2. The molecule has 0 bridgehead atoms. The van der Waals surface area contributed by atoms with Gasteiger partial charge in [-0.05, 0) is 33.4 Å². The molecule has 142 valence electrons. The monoisotopic (exact) mass is 357 g/mol. The van der Waals surface area contributed by atoms with Gasteiger partial charge in [0.25, 0.3) is 0 Å². The summed E-state index contributed by atoms with van der Waals surface area (Å²) in [4.78, 5) is 0. The van der Waals surface area contributed by atoms with E-state index in [4.69, 9.17) is 5.89 Å². The molecule has 0 aromatic rings. The summed E-state index contributed by atoms with van der Waals surface area (Å²) in [6, 6.07) is 1.31. The van der Waals surface area contributed by atoms with E-state index in [1.807, 2.05) is 0 Å². The second-order valence-electron chi connectivity index (χ2n) is 7.71. The smallest absolute Gasteiger partial charge is 0.188 e. The molecular formula is C20H41N2OP. The molecule has 1 unspecified atom stereocenters. The Hall–Kier alpha value is 0.310. The van der Waals surface area contributed by atoms with Gasteiger partial charge in [-0.1, -0.05) is 77.6 Å². The summed E-state index contributed by atoms with van der Waals surface area (Å²) in [5.41, 5.74) is 0. The van der Waals surface area contributed by atoms with Crippen molar-refractivity contribution in [2.24, 2.45) is 0 Å². The van der Waals surface area contributed by atoms with E-state index in [9.17, 15) is 0 Å². The van der Waals surface area contributed by atoms with Crippen LogP contribution < -0.4 is 0 Å². The molecule has 0 aromatic carbocycles. The highest BCUT2D eigenvalue weighted by Crippen LogP contribution is 2.55. The van der Waals surface area contributed by atoms with Crippen LogP contribution in [0.15, 0.2) is 0 Å². The number of hydrogen-bond donors (Lipinski definition) is 0. The summed E-state index contributed by atoms with van der Waals surface area (Å²) in [6.45, 7) is 1.93. The van der Waals surface area contributed by atoms with Gasteiger partial charge in [-0.2, -0.15) is 0 Å². The molecule has 1 aliphatic carbocycles. The molecule has 0 aromatic heterocycles. The lowest BCUT2D eigenvalue weighted by Crippen LogP contribution is -2.37. The van der Waals surface area contributed by atoms with Crippen LogP contribution in [0.4, 0.5) is 0 Å². The van der Waals surface area contributed by atoms with Crippen molar-refractivity contribution in [1.29, 1.82) is 0 Å². The average molecular weight is 358 g/mol. The van der Waals surface area contributed by atoms with Gasteiger partial charge in [0.1, 0.15) is 0 Å². The molecule has 0 spiro atoms. The fourth-order valence-electron chi connectivity index (χ4n) is 4.25. The van der Waals surface area contributed by atoms with Crippen molar-refractivity contribution in [2.45, 2.75) is 109 Å². The lowest BCUT2D eigenvalue weighted by Gasteiger charge is -2.28. The van der Waals surface area contributed by atoms with Crippen molar-refractivity contribution in [3.8, 4) is 0 Å². The molecule has 0 amide bonds. The van der Waals surface area contributed by atoms with Gasteiger partial charge < -0.3 is 4.52 Å². The first-order chi connectivity index (χ1) is 12.1. The quantitative estimate of drug-likeness (QED) is 0.299. The highest BCUT2D eigenvalue weighted by molar-refractivity contribution is 7.47. The summed E-state index contributed by atoms with van der Waals surface area (Å²) in [5.74, 6) is 0. The van der Waals surface area contributed by atoms with Gasteiger partial charge in [0.05, 0.1) is 7.95 Å². The molecule has 1 heterocycles. The summed E-state index contributed by atoms with van der Waals surface area (Å²) >= 11 is 0. The van der Waals surface area contributed by atoms with E-state index in [1.54, 1.807) is 0 Å². The predicted molar refractivity (Wildman–Crippen MR) is 106 cm³/mol. The minimum atomic E-state index is -0.714. The standard InChI is InChI=1S/C20H41N2OP/c1-4-5-6-7-8-9-10-11-12-15-18-23-24-21(2)19-16-13-14-17-20(19)22(24)3/h19-20H,4-18H2,1-3H3/t19-,20-/m1/s1/i18D/t18?,19-,20-. The molecule has 1 saturated heterocycles. The van der Waals surface area contributed by atoms with Crippen molar-refractivity contribution < 1.29 is 5.89 Å². The fourth-order valence-corrected chi connectivity index (χ4v) is 6.27. The van der Waals surface area contributed by atoms with Gasteiger partial charge in [0.15, 0.2) is 8.45 Å². The third-order valence-electron chi connectivity index (χ3n) is 5.79. The molecule has 0 N–H and O–H groups in total. The summed E-state index contributed by atoms with van der Waals surface area (Å²) < 4.78 is 19.4. The first-order valence-corrected chi connectivity index (χ1v) is 11.7. The van der Waals surface area contributed by atoms with Crippen LogP contribution in [0, 0.1) is 0 Å². The van der Waals surface area contributed by atoms with Crippen LogP contribution in [-0.4, -0.2) is 42.1 Å². The fraction of sp³-hybridized carbons (Fsp3) is 1.00. The largest absolute Gasteiger partial charge is 0.331 e. The van der Waals surface area contributed by atoms with Gasteiger partial charge >= 0.3 is 0 Å². The van der Waals surface area contributed by atoms with E-state index < -0.39 is 8.45 Å². The van der Waals surface area contributed by atoms with Crippen LogP contribution >= 0.6 is 8.45 Å². The SMILES string of the molecule is [2H]C(CCCCCCCCCCC)OP1N(C)[C@@H]2CCCC[C@H]2N1C. The molecule has 2 fully saturated rings. The topological polar surface area (TPSA) is 15.7 Å². The highest BCUT2D eigenvalue weighted by atomic mass is 31.2. The zero-order valence-electron chi connectivity index (χ0n) is 17.4. The molecule has 24 heavy (non-hydrogen) atoms. The van der Waals surface area contributed by atoms with E-state index in [0.717, 1.165) is 12.8 Å². The van der Waals surface area contributed by atoms with Crippen LogP contribution in [0.5, 0.6) is 0 Å². The maximum atomic E-state index is 8.31. The van der Waals surface area contributed by atoms with E-state index in [1.165, 1.54) is 77.0 Å². The van der Waals surface area contributed by atoms with Crippen molar-refractivity contribution in [2.75, 3.05) is 20.7 Å². The Labute approximate surface area is 153 Å². The van der Waals surface area contributed by atoms with Gasteiger partial charge in [-0.25, -0.2) is 9.34 Å². The molecule has 0 radical (unpaired) electrons. The Morgan fingerprint density at radius 1 is 0.833 bits per heavy atom. The van der Waals surface area contributed by atoms with Gasteiger partial charge in [0, 0.05) is 12.1 Å². The van der Waals surface area contributed by atoms with Crippen molar-refractivity contribution in [3.05, 3.63) is 0 Å². The molecule has 2 aliphatic rings. The van der Waals surface area contributed by atoms with Gasteiger partial charge in [-0.3, -0.25) is 0 Å². The zero-order valence-corrected chi connectivity index (χ0v) is 17.3. The average Bonchev–Trinajstić information content (AvgIpc) is 2.86. The van der Waals surface area contributed by atoms with Crippen molar-refractivity contribution >= 4 is 8.45 Å². The summed E-state index contributed by atoms with van der Waals surface area (Å²) in [5, 5.41) is 0. The minimum absolute atomic E-state index is 0.347. The number of unbranched alkanes of at least 4 members (excludes halogenated alkanes) is 8. The maximum Gasteiger partial charge on any atom is 0.188 e. The third kappa shape index (κ3) is 6.24. The molecule has 2 rings (SSSR count). The van der Waals surface area contributed by atoms with E-state index >= 15 is 0 Å². The second-order valence-corrected chi connectivity index (χ2v) is 9.69. The number of rotatable bonds is 12. The zero-order chi connectivity index (χ0) is 18.1. The van der Waals surface area contributed by atoms with Crippen LogP contribution in [0.2, 0.25) is 0 Å². The first-order valence-electron chi connectivity index (χ1n) is 11.1. The normalized spacial score (nSPS) is 28.0. The highest BCUT2D eigenvalue weighted by Gasteiger charge is 2.45. The van der Waals surface area contributed by atoms with E-state index in [0.29, 0.717) is 12.1 Å². The Morgan fingerprint density at radius 2 is 1.29 bits per heavy atom. The van der Waals surface area contributed by atoms with Crippen LogP contribution in [0.3, 0.4) is 0 Å². The molecule has 1 aliphatic heterocycles. The number of hydrogen-bond acceptors (Lipinski definition) is 3. The maximum absolute atomic E-state index is 8.31. The van der Waals surface area contributed by atoms with Crippen LogP contribution in [0.25, 0.3) is 0 Å². The molecule has 4 heteroatoms. The van der Waals surface area contributed by atoms with Crippen molar-refractivity contribution in [1.82, 2.24) is 9.34 Å². The summed E-state index contributed by atoms with van der Waals surface area (Å²) in [7, 11) is 3.71. The third-order valence-corrected chi connectivity index (χ3v) is 7.80. The lowest BCUT2D eigenvalue weighted by atomic mass is 9.91. The van der Waals surface area contributed by atoms with Gasteiger partial charge in [0.2, 0.25) is 0 Å². The lowest BCUT2D eigenvalue weighted by molar-refractivity contribution is 0.233. The Bertz CT molecular complexity index is 343. The van der Waals surface area contributed by atoms with Crippen LogP contribution in [-0.2, 0) is 4.52 Å². The number of fused-ring (bicyclic) bond motifs is 1. The Morgan fingerprint density at radius 3 is 1.79 bits per heavy atom. The predicted octanol–water partition coefficient (Wildman–Crippen LogP) is 6.34. The van der Waals surface area contributed by atoms with E-state index in [2.05, 4.69) is 30.4 Å². The van der Waals surface area contributed by atoms with Crippen LogP contribution in [0.1, 0.15) is 98.2 Å².